The number of sulfonamides is 1. The van der Waals surface area contributed by atoms with E-state index in [1.807, 2.05) is 19.1 Å². The van der Waals surface area contributed by atoms with Crippen molar-refractivity contribution >= 4 is 37.3 Å². The summed E-state index contributed by atoms with van der Waals surface area (Å²) in [6.45, 7) is 2.81. The van der Waals surface area contributed by atoms with E-state index in [0.29, 0.717) is 13.1 Å². The maximum atomic E-state index is 11.3. The molecule has 14 heavy (non-hydrogen) atoms. The Morgan fingerprint density at radius 3 is 2.50 bits per heavy atom. The topological polar surface area (TPSA) is 37.4 Å². The number of halogens is 1. The van der Waals surface area contributed by atoms with Gasteiger partial charge in [0.1, 0.15) is 0 Å². The van der Waals surface area contributed by atoms with Crippen molar-refractivity contribution in [3.8, 4) is 0 Å². The monoisotopic (exact) mass is 297 g/mol. The summed E-state index contributed by atoms with van der Waals surface area (Å²) >= 11 is 4.90. The van der Waals surface area contributed by atoms with Crippen molar-refractivity contribution in [1.82, 2.24) is 4.31 Å². The first-order chi connectivity index (χ1) is 6.43. The number of nitrogens with zero attached hydrogens (tertiary/aromatic N) is 1. The Bertz CT molecular complexity index is 399. The highest BCUT2D eigenvalue weighted by Gasteiger charge is 2.15. The van der Waals surface area contributed by atoms with Gasteiger partial charge in [-0.1, -0.05) is 6.92 Å². The predicted octanol–water partition coefficient (Wildman–Crippen LogP) is 2.29. The second-order valence-corrected chi connectivity index (χ2v) is 7.42. The van der Waals surface area contributed by atoms with Crippen molar-refractivity contribution in [2.24, 2.45) is 0 Å². The van der Waals surface area contributed by atoms with Crippen molar-refractivity contribution < 1.29 is 8.42 Å². The van der Waals surface area contributed by atoms with Crippen molar-refractivity contribution in [3.05, 3.63) is 20.8 Å². The van der Waals surface area contributed by atoms with Gasteiger partial charge in [0.15, 0.2) is 0 Å². The Kier molecular flexibility index (Phi) is 4.12. The summed E-state index contributed by atoms with van der Waals surface area (Å²) in [5.41, 5.74) is 0. The largest absolute Gasteiger partial charge is 0.212 e. The van der Waals surface area contributed by atoms with Gasteiger partial charge in [0.25, 0.3) is 0 Å². The van der Waals surface area contributed by atoms with Crippen LogP contribution >= 0.6 is 27.3 Å². The first-order valence-electron chi connectivity index (χ1n) is 4.13. The first-order valence-corrected chi connectivity index (χ1v) is 7.58. The lowest BCUT2D eigenvalue weighted by Gasteiger charge is -2.16. The fourth-order valence-electron chi connectivity index (χ4n) is 1.07. The van der Waals surface area contributed by atoms with E-state index in [1.54, 1.807) is 11.3 Å². The lowest BCUT2D eigenvalue weighted by atomic mass is 10.4. The SMILES string of the molecule is CCN(Cc1ccc(Br)s1)S(C)(=O)=O. The lowest BCUT2D eigenvalue weighted by molar-refractivity contribution is 0.431. The van der Waals surface area contributed by atoms with Crippen LogP contribution in [0.5, 0.6) is 0 Å². The van der Waals surface area contributed by atoms with Crippen molar-refractivity contribution in [2.45, 2.75) is 13.5 Å². The molecule has 1 heterocycles. The van der Waals surface area contributed by atoms with E-state index in [2.05, 4.69) is 15.9 Å². The molecule has 1 rings (SSSR count). The summed E-state index contributed by atoms with van der Waals surface area (Å²) in [5.74, 6) is 0. The zero-order valence-corrected chi connectivity index (χ0v) is 11.2. The molecule has 0 radical (unpaired) electrons. The van der Waals surface area contributed by atoms with Crippen LogP contribution in [-0.2, 0) is 16.6 Å². The third-order valence-electron chi connectivity index (χ3n) is 1.78. The minimum Gasteiger partial charge on any atom is -0.212 e. The Balaban J connectivity index is 2.76. The van der Waals surface area contributed by atoms with Crippen molar-refractivity contribution in [3.63, 3.8) is 0 Å². The Labute approximate surface area is 96.9 Å². The van der Waals surface area contributed by atoms with E-state index >= 15 is 0 Å². The standard InChI is InChI=1S/C8H12BrNO2S2/c1-3-10(14(2,11)12)6-7-4-5-8(9)13-7/h4-5H,3,6H2,1-2H3. The molecule has 0 spiro atoms. The van der Waals surface area contributed by atoms with Crippen LogP contribution in [0.15, 0.2) is 15.9 Å². The first kappa shape index (κ1) is 12.2. The molecule has 0 bridgehead atoms. The molecule has 1 aromatic heterocycles. The van der Waals surface area contributed by atoms with Gasteiger partial charge in [-0.3, -0.25) is 0 Å². The third kappa shape index (κ3) is 3.34. The van der Waals surface area contributed by atoms with Crippen LogP contribution in [0.4, 0.5) is 0 Å². The van der Waals surface area contributed by atoms with Gasteiger partial charge in [0, 0.05) is 18.0 Å². The molecule has 0 aromatic carbocycles. The maximum absolute atomic E-state index is 11.3. The van der Waals surface area contributed by atoms with E-state index < -0.39 is 10.0 Å². The smallest absolute Gasteiger partial charge is 0.211 e. The summed E-state index contributed by atoms with van der Waals surface area (Å²) in [4.78, 5) is 1.05. The molecule has 0 unspecified atom stereocenters. The minimum atomic E-state index is -3.08. The van der Waals surface area contributed by atoms with Gasteiger partial charge in [0.2, 0.25) is 10.0 Å². The number of rotatable bonds is 4. The average molecular weight is 298 g/mol. The highest BCUT2D eigenvalue weighted by atomic mass is 79.9. The quantitative estimate of drug-likeness (QED) is 0.855. The van der Waals surface area contributed by atoms with E-state index in [-0.39, 0.29) is 0 Å². The molecule has 0 aliphatic carbocycles. The summed E-state index contributed by atoms with van der Waals surface area (Å²) in [5, 5.41) is 0. The number of hydrogen-bond acceptors (Lipinski definition) is 3. The van der Waals surface area contributed by atoms with Crippen molar-refractivity contribution in [1.29, 1.82) is 0 Å². The van der Waals surface area contributed by atoms with Gasteiger partial charge in [-0.05, 0) is 28.1 Å². The fraction of sp³-hybridized carbons (Fsp3) is 0.500. The Morgan fingerprint density at radius 1 is 1.50 bits per heavy atom. The van der Waals surface area contributed by atoms with E-state index in [9.17, 15) is 8.42 Å². The molecule has 0 N–H and O–H groups in total. The summed E-state index contributed by atoms with van der Waals surface area (Å²) in [7, 11) is -3.08. The molecule has 3 nitrogen and oxygen atoms in total. The Hall–Kier alpha value is 0.0900. The predicted molar refractivity (Wildman–Crippen MR) is 62.9 cm³/mol. The molecule has 0 amide bonds. The second-order valence-electron chi connectivity index (χ2n) is 2.89. The molecule has 80 valence electrons. The van der Waals surface area contributed by atoms with Gasteiger partial charge in [-0.25, -0.2) is 8.42 Å². The van der Waals surface area contributed by atoms with Crippen LogP contribution < -0.4 is 0 Å². The molecule has 6 heteroatoms. The molecule has 0 fully saturated rings. The Morgan fingerprint density at radius 2 is 2.14 bits per heavy atom. The van der Waals surface area contributed by atoms with Gasteiger partial charge in [-0.2, -0.15) is 4.31 Å². The highest BCUT2D eigenvalue weighted by Crippen LogP contribution is 2.23. The molecule has 0 aliphatic heterocycles. The van der Waals surface area contributed by atoms with Crippen LogP contribution in [-0.4, -0.2) is 25.5 Å². The van der Waals surface area contributed by atoms with Crippen molar-refractivity contribution in [2.75, 3.05) is 12.8 Å². The zero-order chi connectivity index (χ0) is 10.8. The van der Waals surface area contributed by atoms with Crippen LogP contribution in [0, 0.1) is 0 Å². The summed E-state index contributed by atoms with van der Waals surface area (Å²) < 4.78 is 25.1. The molecule has 0 saturated carbocycles. The van der Waals surface area contributed by atoms with Gasteiger partial charge >= 0.3 is 0 Å². The summed E-state index contributed by atoms with van der Waals surface area (Å²) in [6.07, 6.45) is 1.24. The highest BCUT2D eigenvalue weighted by molar-refractivity contribution is 9.11. The van der Waals surface area contributed by atoms with E-state index in [1.165, 1.54) is 10.6 Å². The number of hydrogen-bond donors (Lipinski definition) is 0. The van der Waals surface area contributed by atoms with E-state index in [0.717, 1.165) is 8.66 Å². The van der Waals surface area contributed by atoms with Crippen LogP contribution in [0.25, 0.3) is 0 Å². The second kappa shape index (κ2) is 4.74. The normalized spacial score (nSPS) is 12.3. The van der Waals surface area contributed by atoms with Gasteiger partial charge in [-0.15, -0.1) is 11.3 Å². The molecule has 1 aromatic rings. The lowest BCUT2D eigenvalue weighted by Crippen LogP contribution is -2.28. The van der Waals surface area contributed by atoms with Crippen LogP contribution in [0.1, 0.15) is 11.8 Å². The number of thiophene rings is 1. The molecule has 0 saturated heterocycles. The molecule has 0 atom stereocenters. The molecule has 0 aliphatic rings. The van der Waals surface area contributed by atoms with Crippen LogP contribution in [0.3, 0.4) is 0 Å². The minimum absolute atomic E-state index is 0.464. The zero-order valence-electron chi connectivity index (χ0n) is 8.03. The average Bonchev–Trinajstić information content (AvgIpc) is 2.45. The summed E-state index contributed by atoms with van der Waals surface area (Å²) in [6, 6.07) is 3.86. The van der Waals surface area contributed by atoms with E-state index in [4.69, 9.17) is 0 Å². The molecular formula is C8H12BrNO2S2. The van der Waals surface area contributed by atoms with Crippen LogP contribution in [0.2, 0.25) is 0 Å². The maximum Gasteiger partial charge on any atom is 0.211 e. The third-order valence-corrected chi connectivity index (χ3v) is 4.72. The van der Waals surface area contributed by atoms with Gasteiger partial charge < -0.3 is 0 Å². The van der Waals surface area contributed by atoms with Gasteiger partial charge in [0.05, 0.1) is 10.0 Å². The fourth-order valence-corrected chi connectivity index (χ4v) is 3.50. The molecular weight excluding hydrogens is 286 g/mol.